The lowest BCUT2D eigenvalue weighted by atomic mass is 9.70. The van der Waals surface area contributed by atoms with E-state index in [1.54, 1.807) is 12.4 Å². The molecule has 0 saturated carbocycles. The minimum absolute atomic E-state index is 0.0351. The van der Waals surface area contributed by atoms with Crippen molar-refractivity contribution < 1.29 is 13.3 Å². The molecule has 7 heteroatoms. The maximum atomic E-state index is 7.48. The molecule has 5 heterocycles. The second kappa shape index (κ2) is 17.4. The predicted molar refractivity (Wildman–Crippen MR) is 344 cm³/mol. The predicted octanol–water partition coefficient (Wildman–Crippen LogP) is 21.2. The number of nitrogens with zero attached hydrogens (tertiary/aromatic N) is 4. The van der Waals surface area contributed by atoms with Gasteiger partial charge >= 0.3 is 0 Å². The van der Waals surface area contributed by atoms with Crippen LogP contribution in [0.3, 0.4) is 0 Å². The van der Waals surface area contributed by atoms with Crippen LogP contribution in [0.5, 0.6) is 0 Å². The summed E-state index contributed by atoms with van der Waals surface area (Å²) in [5.74, 6) is 0. The van der Waals surface area contributed by atoms with E-state index in [0.29, 0.717) is 11.4 Å². The fourth-order valence-corrected chi connectivity index (χ4v) is 14.2. The summed E-state index contributed by atoms with van der Waals surface area (Å²) in [6.07, 6.45) is 3.58. The van der Waals surface area contributed by atoms with Gasteiger partial charge in [0.2, 0.25) is 11.4 Å². The Hall–Kier alpha value is -10.2. The van der Waals surface area contributed by atoms with Crippen LogP contribution in [-0.2, 0) is 16.2 Å². The highest BCUT2D eigenvalue weighted by atomic mass is 16.3. The summed E-state index contributed by atoms with van der Waals surface area (Å²) in [6.45, 7) is 13.6. The average Bonchev–Trinajstić information content (AvgIpc) is 1.52. The molecule has 10 aromatic carbocycles. The van der Waals surface area contributed by atoms with Gasteiger partial charge in [0, 0.05) is 85.5 Å². The Morgan fingerprint density at radius 3 is 1.56 bits per heavy atom. The van der Waals surface area contributed by atoms with Gasteiger partial charge in [-0.25, -0.2) is 9.97 Å². The van der Waals surface area contributed by atoms with E-state index in [1.807, 2.05) is 12.1 Å². The number of para-hydroxylation sites is 1. The number of furan rings is 3. The van der Waals surface area contributed by atoms with Gasteiger partial charge in [0.05, 0.1) is 16.5 Å². The average molecular weight is 1090 g/mol. The number of fused-ring (bicyclic) bond motifs is 22. The van der Waals surface area contributed by atoms with Crippen LogP contribution in [0.2, 0.25) is 0 Å². The molecule has 0 fully saturated rings. The number of pyridine rings is 2. The first kappa shape index (κ1) is 48.5. The quantitative estimate of drug-likeness (QED) is 0.164. The van der Waals surface area contributed by atoms with Crippen LogP contribution < -0.4 is 9.80 Å². The lowest BCUT2D eigenvalue weighted by molar-refractivity contribution is 0.590. The van der Waals surface area contributed by atoms with Crippen molar-refractivity contribution >= 4 is 111 Å². The minimum atomic E-state index is -0.829. The first-order chi connectivity index (χ1) is 40.9. The van der Waals surface area contributed by atoms with E-state index in [0.717, 1.165) is 105 Å². The van der Waals surface area contributed by atoms with Gasteiger partial charge in [-0.3, -0.25) is 0 Å². The van der Waals surface area contributed by atoms with E-state index in [4.69, 9.17) is 13.3 Å². The Bertz CT molecular complexity index is 5240. The maximum Gasteiger partial charge on any atom is 0.227 e. The summed E-state index contributed by atoms with van der Waals surface area (Å²) in [7, 11) is 0. The fraction of sp³-hybridized carbons (Fsp3) is 0.117. The summed E-state index contributed by atoms with van der Waals surface area (Å²) in [5.41, 5.74) is 21.5. The molecule has 402 valence electrons. The number of anilines is 6. The van der Waals surface area contributed by atoms with Crippen LogP contribution in [0, 0.1) is 0 Å². The molecule has 5 aromatic heterocycles. The third kappa shape index (κ3) is 6.87. The summed E-state index contributed by atoms with van der Waals surface area (Å²) in [4.78, 5) is 14.1. The number of aromatic nitrogens is 2. The molecule has 0 amide bonds. The van der Waals surface area contributed by atoms with Gasteiger partial charge in [-0.2, -0.15) is 0 Å². The molecule has 1 unspecified atom stereocenters. The molecule has 0 saturated heterocycles. The number of hydrogen-bond acceptors (Lipinski definition) is 7. The van der Waals surface area contributed by atoms with Gasteiger partial charge in [-0.05, 0) is 169 Å². The van der Waals surface area contributed by atoms with Crippen LogP contribution in [0.1, 0.15) is 74.9 Å². The van der Waals surface area contributed by atoms with Crippen LogP contribution in [0.25, 0.3) is 99.1 Å². The smallest absolute Gasteiger partial charge is 0.227 e. The second-order valence-electron chi connectivity index (χ2n) is 24.9. The number of rotatable bonds is 6. The number of hydrogen-bond donors (Lipinski definition) is 0. The molecule has 1 atom stereocenters. The largest absolute Gasteiger partial charge is 0.455 e. The van der Waals surface area contributed by atoms with E-state index in [9.17, 15) is 0 Å². The monoisotopic (exact) mass is 1080 g/mol. The van der Waals surface area contributed by atoms with Crippen LogP contribution in [0.4, 0.5) is 34.1 Å². The van der Waals surface area contributed by atoms with Crippen molar-refractivity contribution in [3.05, 3.63) is 264 Å². The van der Waals surface area contributed by atoms with Crippen molar-refractivity contribution in [2.24, 2.45) is 0 Å². The molecule has 17 rings (SSSR count). The summed E-state index contributed by atoms with van der Waals surface area (Å²) in [6, 6.07) is 80.3. The van der Waals surface area contributed by atoms with Crippen molar-refractivity contribution in [2.75, 3.05) is 9.80 Å². The fourth-order valence-electron chi connectivity index (χ4n) is 14.2. The topological polar surface area (TPSA) is 71.7 Å². The third-order valence-electron chi connectivity index (χ3n) is 18.1. The van der Waals surface area contributed by atoms with Gasteiger partial charge in [0.1, 0.15) is 22.3 Å². The Morgan fingerprint density at radius 1 is 0.357 bits per heavy atom. The SMILES string of the molecule is CC(C)(C)c1ccc(N(c2ccc3c(c2)C2(c4ccccc4-c4c2ccc2ccccc42)c2cc(N(c4ccc(C(C)(C)C)cc4)c4ccc5c(c4)oc4ncccc45)c4c(oc5ccccc54)c2-3)c2ccc3c(c2)oc2ncccc23)cc1. The molecule has 15 aromatic rings. The lowest BCUT2D eigenvalue weighted by Crippen LogP contribution is -2.26. The van der Waals surface area contributed by atoms with Crippen molar-refractivity contribution in [1.82, 2.24) is 9.97 Å². The Balaban J connectivity index is 0.988. The lowest BCUT2D eigenvalue weighted by Gasteiger charge is -2.33. The molecule has 0 N–H and O–H groups in total. The third-order valence-corrected chi connectivity index (χ3v) is 18.1. The van der Waals surface area contributed by atoms with Crippen molar-refractivity contribution in [2.45, 2.75) is 57.8 Å². The van der Waals surface area contributed by atoms with E-state index in [1.165, 1.54) is 49.7 Å². The summed E-state index contributed by atoms with van der Waals surface area (Å²) >= 11 is 0. The second-order valence-corrected chi connectivity index (χ2v) is 24.9. The van der Waals surface area contributed by atoms with Crippen LogP contribution >= 0.6 is 0 Å². The van der Waals surface area contributed by atoms with Crippen LogP contribution in [0.15, 0.2) is 244 Å². The molecule has 2 aliphatic rings. The van der Waals surface area contributed by atoms with Crippen molar-refractivity contribution in [3.8, 4) is 22.3 Å². The van der Waals surface area contributed by atoms with Gasteiger partial charge in [-0.1, -0.05) is 151 Å². The van der Waals surface area contributed by atoms with Crippen molar-refractivity contribution in [3.63, 3.8) is 0 Å². The molecular weight excluding hydrogens is 1030 g/mol. The molecular formula is C77H56N4O3. The van der Waals surface area contributed by atoms with Gasteiger partial charge in [0.25, 0.3) is 0 Å². The first-order valence-electron chi connectivity index (χ1n) is 29.0. The van der Waals surface area contributed by atoms with Gasteiger partial charge < -0.3 is 23.1 Å². The van der Waals surface area contributed by atoms with E-state index in [2.05, 4.69) is 268 Å². The molecule has 2 aliphatic carbocycles. The molecule has 84 heavy (non-hydrogen) atoms. The molecule has 7 nitrogen and oxygen atoms in total. The first-order valence-corrected chi connectivity index (χ1v) is 29.0. The zero-order valence-electron chi connectivity index (χ0n) is 47.5. The van der Waals surface area contributed by atoms with Crippen LogP contribution in [-0.4, -0.2) is 9.97 Å². The van der Waals surface area contributed by atoms with E-state index < -0.39 is 5.41 Å². The zero-order chi connectivity index (χ0) is 56.4. The summed E-state index contributed by atoms with van der Waals surface area (Å²) in [5, 5.41) is 8.51. The molecule has 0 aliphatic heterocycles. The standard InChI is InChI=1S/C77H56N4O3/c1-75(2,3)46-24-28-48(29-25-46)80(51-32-35-54-56-19-13-39-78-73(56)83-67(54)42-51)50-34-37-59-63(41-50)77(61-21-11-9-17-58(61)69-53-16-8-7-15-45(53)23-38-62(69)77)64-44-65(71-60-18-10-12-22-66(60)82-72(71)70(59)64)81(49-30-26-47(27-31-49)76(4,5)6)52-33-36-55-57-20-14-40-79-74(57)84-68(55)43-52/h7-44H,1-6H3. The number of benzene rings is 10. The highest BCUT2D eigenvalue weighted by Gasteiger charge is 2.54. The minimum Gasteiger partial charge on any atom is -0.455 e. The highest BCUT2D eigenvalue weighted by Crippen LogP contribution is 2.67. The van der Waals surface area contributed by atoms with Gasteiger partial charge in [-0.15, -0.1) is 0 Å². The Kier molecular flexibility index (Phi) is 10.0. The molecule has 0 bridgehead atoms. The molecule has 1 spiro atoms. The maximum absolute atomic E-state index is 7.48. The van der Waals surface area contributed by atoms with Crippen molar-refractivity contribution in [1.29, 1.82) is 0 Å². The van der Waals surface area contributed by atoms with Gasteiger partial charge in [0.15, 0.2) is 0 Å². The Morgan fingerprint density at radius 2 is 0.893 bits per heavy atom. The van der Waals surface area contributed by atoms with E-state index in [-0.39, 0.29) is 10.8 Å². The highest BCUT2D eigenvalue weighted by molar-refractivity contribution is 6.21. The normalized spacial score (nSPS) is 14.6. The molecule has 0 radical (unpaired) electrons. The summed E-state index contributed by atoms with van der Waals surface area (Å²) < 4.78 is 20.6. The van der Waals surface area contributed by atoms with E-state index >= 15 is 0 Å². The zero-order valence-corrected chi connectivity index (χ0v) is 47.5. The Labute approximate surface area is 485 Å².